The fourth-order valence-corrected chi connectivity index (χ4v) is 2.64. The molecule has 0 saturated heterocycles. The maximum atomic E-state index is 11.8. The van der Waals surface area contributed by atoms with E-state index in [-0.39, 0.29) is 13.0 Å². The molecule has 4 nitrogen and oxygen atoms in total. The van der Waals surface area contributed by atoms with Crippen LogP contribution in [-0.2, 0) is 22.7 Å². The van der Waals surface area contributed by atoms with Crippen LogP contribution in [0.5, 0.6) is 0 Å². The number of nitrogens with two attached hydrogens (primary N) is 1. The van der Waals surface area contributed by atoms with Gasteiger partial charge >= 0.3 is 6.18 Å². The molecule has 2 rings (SSSR count). The van der Waals surface area contributed by atoms with E-state index in [4.69, 9.17) is 5.73 Å². The molecule has 0 atom stereocenters. The Hall–Kier alpha value is -1.02. The number of alkyl halides is 3. The van der Waals surface area contributed by atoms with Crippen molar-refractivity contribution in [1.29, 1.82) is 0 Å². The number of thioether (sulfide) groups is 1. The molecule has 1 aromatic rings. The molecule has 0 spiro atoms. The van der Waals surface area contributed by atoms with E-state index < -0.39 is 12.8 Å². The molecule has 0 saturated carbocycles. The third kappa shape index (κ3) is 3.49. The van der Waals surface area contributed by atoms with E-state index in [1.54, 1.807) is 11.8 Å². The molecule has 1 aliphatic heterocycles. The van der Waals surface area contributed by atoms with Crippen LogP contribution in [0.4, 0.5) is 19.0 Å². The summed E-state index contributed by atoms with van der Waals surface area (Å²) >= 11 is 1.69. The molecule has 0 amide bonds. The molecule has 0 unspecified atom stereocenters. The third-order valence-corrected chi connectivity index (χ3v) is 3.36. The summed E-state index contributed by atoms with van der Waals surface area (Å²) < 4.78 is 40.0. The van der Waals surface area contributed by atoms with Crippen LogP contribution in [0.1, 0.15) is 17.1 Å². The smallest absolute Gasteiger partial charge is 0.383 e. The predicted molar refractivity (Wildman–Crippen MR) is 62.0 cm³/mol. The van der Waals surface area contributed by atoms with Crippen molar-refractivity contribution in [2.45, 2.75) is 24.1 Å². The molecule has 0 fully saturated rings. The van der Waals surface area contributed by atoms with Gasteiger partial charge in [0.2, 0.25) is 0 Å². The fourth-order valence-electron chi connectivity index (χ4n) is 1.59. The Balaban J connectivity index is 1.89. The molecule has 2 heterocycles. The first-order valence-electron chi connectivity index (χ1n) is 5.32. The molecular formula is C10H12F3N3OS. The van der Waals surface area contributed by atoms with Crippen molar-refractivity contribution in [3.63, 3.8) is 0 Å². The van der Waals surface area contributed by atoms with Gasteiger partial charge in [-0.2, -0.15) is 24.9 Å². The van der Waals surface area contributed by atoms with Crippen molar-refractivity contribution in [2.75, 3.05) is 18.9 Å². The van der Waals surface area contributed by atoms with Crippen LogP contribution in [0.2, 0.25) is 0 Å². The van der Waals surface area contributed by atoms with Gasteiger partial charge in [0, 0.05) is 23.5 Å². The summed E-state index contributed by atoms with van der Waals surface area (Å²) in [7, 11) is 0. The SMILES string of the molecule is Nc1nc(CCOCC(F)(F)F)nc2c1CSC2. The molecule has 18 heavy (non-hydrogen) atoms. The summed E-state index contributed by atoms with van der Waals surface area (Å²) in [5, 5.41) is 0. The lowest BCUT2D eigenvalue weighted by molar-refractivity contribution is -0.173. The van der Waals surface area contributed by atoms with E-state index >= 15 is 0 Å². The largest absolute Gasteiger partial charge is 0.411 e. The average molecular weight is 279 g/mol. The minimum absolute atomic E-state index is 0.0646. The van der Waals surface area contributed by atoms with Gasteiger partial charge in [0.15, 0.2) is 0 Å². The van der Waals surface area contributed by atoms with Crippen molar-refractivity contribution in [3.05, 3.63) is 17.1 Å². The molecular weight excluding hydrogens is 267 g/mol. The zero-order chi connectivity index (χ0) is 13.2. The highest BCUT2D eigenvalue weighted by Gasteiger charge is 2.27. The van der Waals surface area contributed by atoms with Gasteiger partial charge in [0.1, 0.15) is 18.2 Å². The second kappa shape index (κ2) is 5.31. The molecule has 1 aromatic heterocycles. The highest BCUT2D eigenvalue weighted by atomic mass is 32.2. The number of hydrogen-bond donors (Lipinski definition) is 1. The molecule has 0 radical (unpaired) electrons. The van der Waals surface area contributed by atoms with E-state index in [0.29, 0.717) is 11.6 Å². The number of halogens is 3. The van der Waals surface area contributed by atoms with Crippen LogP contribution < -0.4 is 5.73 Å². The Labute approximate surface area is 106 Å². The molecule has 1 aliphatic rings. The second-order valence-electron chi connectivity index (χ2n) is 3.86. The Morgan fingerprint density at radius 3 is 2.78 bits per heavy atom. The summed E-state index contributed by atoms with van der Waals surface area (Å²) in [4.78, 5) is 8.35. The van der Waals surface area contributed by atoms with Crippen LogP contribution in [0.15, 0.2) is 0 Å². The van der Waals surface area contributed by atoms with Gasteiger partial charge in [0.05, 0.1) is 12.3 Å². The second-order valence-corrected chi connectivity index (χ2v) is 4.85. The van der Waals surface area contributed by atoms with Gasteiger partial charge in [-0.25, -0.2) is 9.97 Å². The maximum Gasteiger partial charge on any atom is 0.411 e. The third-order valence-electron chi connectivity index (χ3n) is 2.39. The average Bonchev–Trinajstić information content (AvgIpc) is 2.71. The highest BCUT2D eigenvalue weighted by molar-refractivity contribution is 7.98. The van der Waals surface area contributed by atoms with E-state index in [1.165, 1.54) is 0 Å². The van der Waals surface area contributed by atoms with Crippen molar-refractivity contribution in [3.8, 4) is 0 Å². The monoisotopic (exact) mass is 279 g/mol. The summed E-state index contributed by atoms with van der Waals surface area (Å²) in [6.07, 6.45) is -4.06. The van der Waals surface area contributed by atoms with Crippen LogP contribution in [0, 0.1) is 0 Å². The van der Waals surface area contributed by atoms with Gasteiger partial charge in [0.25, 0.3) is 0 Å². The van der Waals surface area contributed by atoms with Crippen LogP contribution in [0.3, 0.4) is 0 Å². The number of aromatic nitrogens is 2. The summed E-state index contributed by atoms with van der Waals surface area (Å²) in [5.41, 5.74) is 7.59. The van der Waals surface area contributed by atoms with Crippen molar-refractivity contribution < 1.29 is 17.9 Å². The molecule has 2 N–H and O–H groups in total. The van der Waals surface area contributed by atoms with Crippen molar-refractivity contribution >= 4 is 17.6 Å². The Morgan fingerprint density at radius 1 is 1.28 bits per heavy atom. The molecule has 100 valence electrons. The lowest BCUT2D eigenvalue weighted by Crippen LogP contribution is -2.18. The van der Waals surface area contributed by atoms with E-state index in [0.717, 1.165) is 22.8 Å². The minimum Gasteiger partial charge on any atom is -0.383 e. The molecule has 0 aliphatic carbocycles. The normalized spacial score (nSPS) is 14.8. The quantitative estimate of drug-likeness (QED) is 0.853. The van der Waals surface area contributed by atoms with Gasteiger partial charge in [-0.3, -0.25) is 0 Å². The Kier molecular flexibility index (Phi) is 3.96. The number of hydrogen-bond acceptors (Lipinski definition) is 5. The van der Waals surface area contributed by atoms with Crippen LogP contribution in [-0.4, -0.2) is 29.4 Å². The highest BCUT2D eigenvalue weighted by Crippen LogP contribution is 2.31. The number of nitrogens with zero attached hydrogens (tertiary/aromatic N) is 2. The van der Waals surface area contributed by atoms with E-state index in [2.05, 4.69) is 14.7 Å². The van der Waals surface area contributed by atoms with Crippen LogP contribution in [0.25, 0.3) is 0 Å². The molecule has 8 heteroatoms. The van der Waals surface area contributed by atoms with Gasteiger partial charge in [-0.05, 0) is 0 Å². The zero-order valence-electron chi connectivity index (χ0n) is 9.46. The van der Waals surface area contributed by atoms with Gasteiger partial charge in [-0.1, -0.05) is 0 Å². The van der Waals surface area contributed by atoms with Crippen molar-refractivity contribution in [1.82, 2.24) is 9.97 Å². The number of rotatable bonds is 4. The minimum atomic E-state index is -4.30. The number of nitrogen functional groups attached to an aromatic ring is 1. The lowest BCUT2D eigenvalue weighted by Gasteiger charge is -2.08. The summed E-state index contributed by atoms with van der Waals surface area (Å²) in [6.45, 7) is -1.31. The fraction of sp³-hybridized carbons (Fsp3) is 0.600. The lowest BCUT2D eigenvalue weighted by atomic mass is 10.2. The van der Waals surface area contributed by atoms with E-state index in [9.17, 15) is 13.2 Å². The van der Waals surface area contributed by atoms with Crippen molar-refractivity contribution in [2.24, 2.45) is 0 Å². The number of ether oxygens (including phenoxy) is 1. The Bertz CT molecular complexity index is 439. The standard InChI is InChI=1S/C10H12F3N3OS/c11-10(12,13)5-17-2-1-8-15-7-4-18-3-6(7)9(14)16-8/h1-5H2,(H2,14,15,16). The number of anilines is 1. The first-order valence-corrected chi connectivity index (χ1v) is 6.47. The molecule has 0 bridgehead atoms. The first-order chi connectivity index (χ1) is 8.46. The topological polar surface area (TPSA) is 61.0 Å². The summed E-state index contributed by atoms with van der Waals surface area (Å²) in [6, 6.07) is 0. The first kappa shape index (κ1) is 13.4. The zero-order valence-corrected chi connectivity index (χ0v) is 10.3. The molecule has 0 aromatic carbocycles. The Morgan fingerprint density at radius 2 is 2.06 bits per heavy atom. The maximum absolute atomic E-state index is 11.8. The predicted octanol–water partition coefficient (Wildman–Crippen LogP) is 1.93. The van der Waals surface area contributed by atoms with Gasteiger partial charge in [-0.15, -0.1) is 0 Å². The summed E-state index contributed by atoms with van der Waals surface area (Å²) in [5.74, 6) is 2.44. The van der Waals surface area contributed by atoms with E-state index in [1.807, 2.05) is 0 Å². The van der Waals surface area contributed by atoms with Crippen LogP contribution >= 0.6 is 11.8 Å². The number of fused-ring (bicyclic) bond motifs is 1. The van der Waals surface area contributed by atoms with Gasteiger partial charge < -0.3 is 10.5 Å².